The van der Waals surface area contributed by atoms with Crippen LogP contribution < -0.4 is 16.8 Å². The van der Waals surface area contributed by atoms with Gasteiger partial charge in [-0.25, -0.2) is 4.79 Å². The monoisotopic (exact) mass is 159 g/mol. The van der Waals surface area contributed by atoms with E-state index in [2.05, 4.69) is 5.32 Å². The molecule has 11 heavy (non-hydrogen) atoms. The second-order valence-electron chi connectivity index (χ2n) is 2.60. The van der Waals surface area contributed by atoms with Crippen LogP contribution in [-0.4, -0.2) is 18.6 Å². The largest absolute Gasteiger partial charge is 0.352 e. The fourth-order valence-corrected chi connectivity index (χ4v) is 0.780. The van der Waals surface area contributed by atoms with Gasteiger partial charge in [-0.1, -0.05) is 6.92 Å². The van der Waals surface area contributed by atoms with Gasteiger partial charge in [-0.15, -0.1) is 0 Å². The fourth-order valence-electron chi connectivity index (χ4n) is 0.780. The maximum absolute atomic E-state index is 10.2. The average Bonchev–Trinajstić information content (AvgIpc) is 1.97. The Morgan fingerprint density at radius 2 is 2.27 bits per heavy atom. The number of carbonyl (C=O) groups is 1. The van der Waals surface area contributed by atoms with E-state index in [1.165, 1.54) is 0 Å². The third-order valence-corrected chi connectivity index (χ3v) is 1.58. The van der Waals surface area contributed by atoms with Gasteiger partial charge in [0.05, 0.1) is 0 Å². The molecule has 0 saturated carbocycles. The summed E-state index contributed by atoms with van der Waals surface area (Å²) in [4.78, 5) is 10.2. The Balaban J connectivity index is 3.08. The van der Waals surface area contributed by atoms with Crippen molar-refractivity contribution < 1.29 is 4.79 Å². The van der Waals surface area contributed by atoms with E-state index in [1.54, 1.807) is 0 Å². The Kier molecular flexibility index (Phi) is 5.56. The van der Waals surface area contributed by atoms with Crippen LogP contribution in [0.25, 0.3) is 0 Å². The Labute approximate surface area is 67.3 Å². The molecular formula is C7H17N3O. The van der Waals surface area contributed by atoms with E-state index in [9.17, 15) is 4.79 Å². The van der Waals surface area contributed by atoms with Gasteiger partial charge in [0.25, 0.3) is 0 Å². The van der Waals surface area contributed by atoms with Crippen molar-refractivity contribution in [2.24, 2.45) is 11.5 Å². The van der Waals surface area contributed by atoms with Crippen molar-refractivity contribution in [2.75, 3.05) is 6.54 Å². The van der Waals surface area contributed by atoms with E-state index >= 15 is 0 Å². The number of carbonyl (C=O) groups excluding carboxylic acids is 1. The number of primary amides is 1. The first kappa shape index (κ1) is 10.2. The molecule has 0 spiro atoms. The number of hydrogen-bond acceptors (Lipinski definition) is 2. The smallest absolute Gasteiger partial charge is 0.312 e. The highest BCUT2D eigenvalue weighted by Gasteiger charge is 1.98. The van der Waals surface area contributed by atoms with Crippen LogP contribution in [0.4, 0.5) is 4.79 Å². The van der Waals surface area contributed by atoms with Crippen LogP contribution in [-0.2, 0) is 0 Å². The zero-order valence-electron chi connectivity index (χ0n) is 6.97. The van der Waals surface area contributed by atoms with Crippen molar-refractivity contribution in [3.8, 4) is 0 Å². The molecule has 2 amide bonds. The van der Waals surface area contributed by atoms with Gasteiger partial charge in [0.1, 0.15) is 0 Å². The summed E-state index contributed by atoms with van der Waals surface area (Å²) in [5.74, 6) is 0. The molecule has 0 rings (SSSR count). The highest BCUT2D eigenvalue weighted by molar-refractivity contribution is 5.71. The molecule has 0 aliphatic heterocycles. The number of nitrogens with two attached hydrogens (primary N) is 2. The molecule has 4 heteroatoms. The van der Waals surface area contributed by atoms with Gasteiger partial charge in [0, 0.05) is 12.6 Å². The van der Waals surface area contributed by atoms with E-state index in [4.69, 9.17) is 11.5 Å². The third kappa shape index (κ3) is 7.12. The Morgan fingerprint density at radius 1 is 1.64 bits per heavy atom. The summed E-state index contributed by atoms with van der Waals surface area (Å²) in [7, 11) is 0. The van der Waals surface area contributed by atoms with Crippen molar-refractivity contribution in [3.63, 3.8) is 0 Å². The van der Waals surface area contributed by atoms with Crippen LogP contribution in [0.5, 0.6) is 0 Å². The van der Waals surface area contributed by atoms with Gasteiger partial charge in [0.2, 0.25) is 0 Å². The van der Waals surface area contributed by atoms with Gasteiger partial charge in [0.15, 0.2) is 0 Å². The molecule has 0 bridgehead atoms. The number of amides is 2. The molecule has 0 unspecified atom stereocenters. The van der Waals surface area contributed by atoms with Crippen molar-refractivity contribution in [1.29, 1.82) is 0 Å². The van der Waals surface area contributed by atoms with Crippen LogP contribution in [0.2, 0.25) is 0 Å². The normalized spacial score (nSPS) is 12.5. The lowest BCUT2D eigenvalue weighted by Crippen LogP contribution is -2.31. The zero-order valence-corrected chi connectivity index (χ0v) is 6.97. The molecule has 0 radical (unpaired) electrons. The maximum Gasteiger partial charge on any atom is 0.312 e. The van der Waals surface area contributed by atoms with E-state index < -0.39 is 6.03 Å². The van der Waals surface area contributed by atoms with Crippen molar-refractivity contribution in [1.82, 2.24) is 5.32 Å². The maximum atomic E-state index is 10.2. The van der Waals surface area contributed by atoms with E-state index in [0.717, 1.165) is 19.3 Å². The minimum absolute atomic E-state index is 0.254. The van der Waals surface area contributed by atoms with Crippen LogP contribution in [0.15, 0.2) is 0 Å². The molecule has 0 aliphatic rings. The summed E-state index contributed by atoms with van der Waals surface area (Å²) < 4.78 is 0. The lowest BCUT2D eigenvalue weighted by molar-refractivity contribution is 0.248. The minimum atomic E-state index is -0.463. The molecule has 0 saturated heterocycles. The predicted octanol–water partition coefficient (Wildman–Crippen LogP) is 0.172. The van der Waals surface area contributed by atoms with Crippen LogP contribution >= 0.6 is 0 Å². The van der Waals surface area contributed by atoms with E-state index in [0.29, 0.717) is 6.54 Å². The predicted molar refractivity (Wildman–Crippen MR) is 45.1 cm³/mol. The summed E-state index contributed by atoms with van der Waals surface area (Å²) in [6, 6.07) is -0.209. The second kappa shape index (κ2) is 5.97. The van der Waals surface area contributed by atoms with Gasteiger partial charge < -0.3 is 16.8 Å². The van der Waals surface area contributed by atoms with E-state index in [1.807, 2.05) is 6.92 Å². The average molecular weight is 159 g/mol. The van der Waals surface area contributed by atoms with Crippen LogP contribution in [0.3, 0.4) is 0 Å². The standard InChI is InChI=1S/C7H17N3O/c1-2-6(8)4-3-5-10-7(9)11/h6H,2-5,8H2,1H3,(H3,9,10,11)/t6-/m1/s1. The Bertz CT molecular complexity index is 116. The quantitative estimate of drug-likeness (QED) is 0.500. The van der Waals surface area contributed by atoms with Gasteiger partial charge >= 0.3 is 6.03 Å². The van der Waals surface area contributed by atoms with E-state index in [-0.39, 0.29) is 6.04 Å². The molecule has 4 nitrogen and oxygen atoms in total. The minimum Gasteiger partial charge on any atom is -0.352 e. The summed E-state index contributed by atoms with van der Waals surface area (Å²) >= 11 is 0. The molecule has 0 aromatic heterocycles. The molecule has 0 aromatic carbocycles. The number of hydrogen-bond donors (Lipinski definition) is 3. The second-order valence-corrected chi connectivity index (χ2v) is 2.60. The molecule has 5 N–H and O–H groups in total. The highest BCUT2D eigenvalue weighted by atomic mass is 16.2. The topological polar surface area (TPSA) is 81.1 Å². The summed E-state index contributed by atoms with van der Waals surface area (Å²) in [5, 5.41) is 2.51. The van der Waals surface area contributed by atoms with Gasteiger partial charge in [-0.3, -0.25) is 0 Å². The molecule has 0 aromatic rings. The van der Waals surface area contributed by atoms with Gasteiger partial charge in [-0.2, -0.15) is 0 Å². The first-order chi connectivity index (χ1) is 5.16. The zero-order chi connectivity index (χ0) is 8.69. The lowest BCUT2D eigenvalue weighted by atomic mass is 10.1. The number of nitrogens with one attached hydrogen (secondary N) is 1. The Hall–Kier alpha value is -0.770. The SMILES string of the molecule is CC[C@@H](N)CCCNC(N)=O. The number of urea groups is 1. The molecular weight excluding hydrogens is 142 g/mol. The Morgan fingerprint density at radius 3 is 2.73 bits per heavy atom. The van der Waals surface area contributed by atoms with Crippen molar-refractivity contribution >= 4 is 6.03 Å². The molecule has 0 aliphatic carbocycles. The summed E-state index contributed by atoms with van der Waals surface area (Å²) in [6.07, 6.45) is 2.82. The number of rotatable bonds is 5. The molecule has 0 heterocycles. The first-order valence-electron chi connectivity index (χ1n) is 3.95. The molecule has 66 valence electrons. The fraction of sp³-hybridized carbons (Fsp3) is 0.857. The van der Waals surface area contributed by atoms with Gasteiger partial charge in [-0.05, 0) is 19.3 Å². The molecule has 0 fully saturated rings. The molecule has 1 atom stereocenters. The van der Waals surface area contributed by atoms with Crippen molar-refractivity contribution in [3.05, 3.63) is 0 Å². The highest BCUT2D eigenvalue weighted by Crippen LogP contribution is 1.96. The third-order valence-electron chi connectivity index (χ3n) is 1.58. The summed E-state index contributed by atoms with van der Waals surface area (Å²) in [6.45, 7) is 2.68. The van der Waals surface area contributed by atoms with Crippen molar-refractivity contribution in [2.45, 2.75) is 32.2 Å². The van der Waals surface area contributed by atoms with Crippen LogP contribution in [0, 0.1) is 0 Å². The summed E-state index contributed by atoms with van der Waals surface area (Å²) in [5.41, 5.74) is 10.5. The van der Waals surface area contributed by atoms with Crippen LogP contribution in [0.1, 0.15) is 26.2 Å². The first-order valence-corrected chi connectivity index (χ1v) is 3.95. The lowest BCUT2D eigenvalue weighted by Gasteiger charge is -2.07.